The first-order valence-corrected chi connectivity index (χ1v) is 14.5. The van der Waals surface area contributed by atoms with Crippen molar-refractivity contribution in [2.75, 3.05) is 26.2 Å². The summed E-state index contributed by atoms with van der Waals surface area (Å²) in [7, 11) is 0. The van der Waals surface area contributed by atoms with Crippen molar-refractivity contribution >= 4 is 17.6 Å². The Kier molecular flexibility index (Phi) is 9.42. The normalized spacial score (nSPS) is 19.3. The first-order chi connectivity index (χ1) is 20.8. The molecule has 10 heteroatoms. The van der Waals surface area contributed by atoms with Gasteiger partial charge in [0.2, 0.25) is 0 Å². The van der Waals surface area contributed by atoms with Crippen LogP contribution in [-0.2, 0) is 6.54 Å². The number of hydrogen-bond acceptors (Lipinski definition) is 7. The molecule has 43 heavy (non-hydrogen) atoms. The zero-order chi connectivity index (χ0) is 30.3. The number of nitrogens with one attached hydrogen (secondary N) is 1. The predicted molar refractivity (Wildman–Crippen MR) is 157 cm³/mol. The van der Waals surface area contributed by atoms with Crippen molar-refractivity contribution in [2.45, 2.75) is 51.0 Å². The maximum atomic E-state index is 15.0. The van der Waals surface area contributed by atoms with Crippen LogP contribution < -0.4 is 10.1 Å². The first-order valence-electron chi connectivity index (χ1n) is 14.5. The van der Waals surface area contributed by atoms with Crippen molar-refractivity contribution in [3.05, 3.63) is 94.8 Å². The van der Waals surface area contributed by atoms with Gasteiger partial charge in [-0.25, -0.2) is 4.39 Å². The number of likely N-dealkylation sites (tertiary alicyclic amines) is 2. The van der Waals surface area contributed by atoms with Crippen LogP contribution in [0.1, 0.15) is 68.5 Å². The molecule has 1 N–H and O–H groups in total. The van der Waals surface area contributed by atoms with Crippen LogP contribution in [0.25, 0.3) is 0 Å². The lowest BCUT2D eigenvalue weighted by molar-refractivity contribution is 0.0589. The van der Waals surface area contributed by atoms with Crippen LogP contribution in [0.5, 0.6) is 5.75 Å². The fraction of sp³-hybridized carbons (Fsp3) is 0.364. The third-order valence-corrected chi connectivity index (χ3v) is 7.97. The van der Waals surface area contributed by atoms with E-state index in [1.165, 1.54) is 19.2 Å². The van der Waals surface area contributed by atoms with Gasteiger partial charge in [-0.1, -0.05) is 12.1 Å². The lowest BCUT2D eigenvalue weighted by Crippen LogP contribution is -2.52. The third-order valence-electron chi connectivity index (χ3n) is 7.97. The van der Waals surface area contributed by atoms with Crippen molar-refractivity contribution in [1.29, 1.82) is 5.26 Å². The highest BCUT2D eigenvalue weighted by Crippen LogP contribution is 2.21. The molecule has 0 saturated carbocycles. The number of nitriles is 1. The van der Waals surface area contributed by atoms with Crippen molar-refractivity contribution in [3.8, 4) is 11.8 Å². The summed E-state index contributed by atoms with van der Waals surface area (Å²) >= 11 is 0. The van der Waals surface area contributed by atoms with Crippen LogP contribution in [0.2, 0.25) is 0 Å². The number of rotatable bonds is 8. The number of amides is 2. The van der Waals surface area contributed by atoms with Gasteiger partial charge in [-0.05, 0) is 67.4 Å². The van der Waals surface area contributed by atoms with Crippen LogP contribution in [0, 0.1) is 11.3 Å². The second-order valence-electron chi connectivity index (χ2n) is 11.1. The lowest BCUT2D eigenvalue weighted by atomic mass is 10.0. The number of benzene rings is 2. The summed E-state index contributed by atoms with van der Waals surface area (Å²) in [6, 6.07) is 18.8. The standard InChI is InChI=1S/C33H34FN5O4/c1-22(40)25-6-9-27(10-7-25)43-28-12-16-39(17-13-28)33(42)31-11-8-26(19-36-31)32(41)37-30-14-15-38(21-29(30)34)20-24-4-2-23(18-35)3-5-24/h2-11,19,28-30H,12-17,20-21H2,1H3,(H,37,41). The van der Waals surface area contributed by atoms with Gasteiger partial charge in [0, 0.05) is 57.3 Å². The number of nitrogens with zero attached hydrogens (tertiary/aromatic N) is 4. The Bertz CT molecular complexity index is 1480. The van der Waals surface area contributed by atoms with Gasteiger partial charge < -0.3 is 15.0 Å². The first kappa shape index (κ1) is 29.9. The van der Waals surface area contributed by atoms with E-state index in [2.05, 4.69) is 16.4 Å². The number of halogens is 1. The number of ether oxygens (including phenoxy) is 1. The van der Waals surface area contributed by atoms with E-state index in [1.807, 2.05) is 17.0 Å². The molecule has 2 amide bonds. The number of carbonyl (C=O) groups excluding carboxylic acids is 3. The minimum atomic E-state index is -1.23. The topological polar surface area (TPSA) is 116 Å². The van der Waals surface area contributed by atoms with E-state index in [1.54, 1.807) is 47.4 Å². The summed E-state index contributed by atoms with van der Waals surface area (Å²) in [5.41, 5.74) is 2.74. The molecular weight excluding hydrogens is 549 g/mol. The summed E-state index contributed by atoms with van der Waals surface area (Å²) in [6.45, 7) is 3.96. The van der Waals surface area contributed by atoms with Crippen molar-refractivity contribution in [1.82, 2.24) is 20.1 Å². The second-order valence-corrected chi connectivity index (χ2v) is 11.1. The monoisotopic (exact) mass is 583 g/mol. The van der Waals surface area contributed by atoms with Crippen LogP contribution >= 0.6 is 0 Å². The molecule has 0 spiro atoms. The van der Waals surface area contributed by atoms with Crippen LogP contribution in [0.15, 0.2) is 66.9 Å². The number of hydrogen-bond donors (Lipinski definition) is 1. The summed E-state index contributed by atoms with van der Waals surface area (Å²) in [6.07, 6.45) is 1.90. The molecule has 222 valence electrons. The average Bonchev–Trinajstić information content (AvgIpc) is 3.03. The number of pyridine rings is 1. The molecule has 3 heterocycles. The lowest BCUT2D eigenvalue weighted by Gasteiger charge is -2.35. The quantitative estimate of drug-likeness (QED) is 0.396. The summed E-state index contributed by atoms with van der Waals surface area (Å²) < 4.78 is 21.0. The molecule has 3 aromatic rings. The Hall–Kier alpha value is -4.62. The number of Topliss-reactive ketones (excluding diaryl/α,β-unsaturated/α-hetero) is 1. The highest BCUT2D eigenvalue weighted by atomic mass is 19.1. The predicted octanol–water partition coefficient (Wildman–Crippen LogP) is 4.18. The van der Waals surface area contributed by atoms with E-state index in [0.717, 1.165) is 5.56 Å². The largest absolute Gasteiger partial charge is 0.490 e. The molecule has 0 aliphatic carbocycles. The van der Waals surface area contributed by atoms with Gasteiger partial charge in [0.25, 0.3) is 11.8 Å². The number of ketones is 1. The molecule has 2 unspecified atom stereocenters. The summed E-state index contributed by atoms with van der Waals surface area (Å²) in [4.78, 5) is 45.3. The Labute approximate surface area is 250 Å². The highest BCUT2D eigenvalue weighted by Gasteiger charge is 2.31. The Morgan fingerprint density at radius 2 is 1.67 bits per heavy atom. The van der Waals surface area contributed by atoms with Crippen molar-refractivity contribution in [3.63, 3.8) is 0 Å². The molecule has 9 nitrogen and oxygen atoms in total. The molecule has 2 saturated heterocycles. The fourth-order valence-corrected chi connectivity index (χ4v) is 5.42. The average molecular weight is 584 g/mol. The zero-order valence-electron chi connectivity index (χ0n) is 24.0. The maximum absolute atomic E-state index is 15.0. The van der Waals surface area contributed by atoms with E-state index in [4.69, 9.17) is 10.00 Å². The molecule has 2 atom stereocenters. The maximum Gasteiger partial charge on any atom is 0.272 e. The Morgan fingerprint density at radius 1 is 0.977 bits per heavy atom. The van der Waals surface area contributed by atoms with Crippen molar-refractivity contribution in [2.24, 2.45) is 0 Å². The van der Waals surface area contributed by atoms with Crippen molar-refractivity contribution < 1.29 is 23.5 Å². The second kappa shape index (κ2) is 13.6. The van der Waals surface area contributed by atoms with Gasteiger partial charge in [0.05, 0.1) is 23.2 Å². The summed E-state index contributed by atoms with van der Waals surface area (Å²) in [5.74, 6) is 0.0597. The van der Waals surface area contributed by atoms with E-state index in [9.17, 15) is 18.8 Å². The number of piperidine rings is 2. The molecule has 0 radical (unpaired) electrons. The number of alkyl halides is 1. The van der Waals surface area contributed by atoms with Gasteiger partial charge in [0.1, 0.15) is 23.7 Å². The Balaban J connectivity index is 1.07. The van der Waals surface area contributed by atoms with Crippen LogP contribution in [0.4, 0.5) is 4.39 Å². The molecular formula is C33H34FN5O4. The SMILES string of the molecule is CC(=O)c1ccc(OC2CCN(C(=O)c3ccc(C(=O)NC4CCN(Cc5ccc(C#N)cc5)CC4F)cn3)CC2)cc1. The van der Waals surface area contributed by atoms with E-state index >= 15 is 0 Å². The van der Waals surface area contributed by atoms with E-state index in [0.29, 0.717) is 62.3 Å². The number of carbonyl (C=O) groups is 3. The zero-order valence-corrected chi connectivity index (χ0v) is 24.0. The van der Waals surface area contributed by atoms with Crippen LogP contribution in [-0.4, -0.2) is 76.9 Å². The molecule has 2 aromatic carbocycles. The minimum absolute atomic E-state index is 0.00260. The summed E-state index contributed by atoms with van der Waals surface area (Å²) in [5, 5.41) is 11.7. The van der Waals surface area contributed by atoms with Gasteiger partial charge >= 0.3 is 0 Å². The Morgan fingerprint density at radius 3 is 2.28 bits per heavy atom. The minimum Gasteiger partial charge on any atom is -0.490 e. The van der Waals surface area contributed by atoms with Gasteiger partial charge in [-0.15, -0.1) is 0 Å². The molecule has 2 aliphatic rings. The molecule has 0 bridgehead atoms. The molecule has 2 fully saturated rings. The van der Waals surface area contributed by atoms with Gasteiger partial charge in [-0.3, -0.25) is 24.3 Å². The smallest absolute Gasteiger partial charge is 0.272 e. The molecule has 2 aliphatic heterocycles. The highest BCUT2D eigenvalue weighted by molar-refractivity contribution is 5.96. The van der Waals surface area contributed by atoms with Gasteiger partial charge in [0.15, 0.2) is 5.78 Å². The van der Waals surface area contributed by atoms with Crippen LogP contribution in [0.3, 0.4) is 0 Å². The third kappa shape index (κ3) is 7.62. The molecule has 1 aromatic heterocycles. The fourth-order valence-electron chi connectivity index (χ4n) is 5.42. The van der Waals surface area contributed by atoms with Gasteiger partial charge in [-0.2, -0.15) is 5.26 Å². The van der Waals surface area contributed by atoms with E-state index < -0.39 is 18.1 Å². The molecule has 5 rings (SSSR count). The van der Waals surface area contributed by atoms with E-state index in [-0.39, 0.29) is 35.6 Å². The number of aromatic nitrogens is 1.